The SMILES string of the molecule is CC1=C(C)CC(C(=O)Nc2sc3c(c2C#N)CCC(C(C)(C)C)C3)C(C(=O)O)C1. The van der Waals surface area contributed by atoms with E-state index in [1.807, 2.05) is 13.8 Å². The number of hydrogen-bond acceptors (Lipinski definition) is 4. The molecular weight excluding hydrogens is 384 g/mol. The Labute approximate surface area is 176 Å². The lowest BCUT2D eigenvalue weighted by molar-refractivity contribution is -0.146. The van der Waals surface area contributed by atoms with Crippen LogP contribution in [-0.2, 0) is 22.4 Å². The first-order valence-corrected chi connectivity index (χ1v) is 11.1. The largest absolute Gasteiger partial charge is 0.481 e. The molecule has 3 rings (SSSR count). The van der Waals surface area contributed by atoms with E-state index in [0.717, 1.165) is 36.0 Å². The molecule has 0 radical (unpaired) electrons. The standard InChI is InChI=1S/C23H30N2O3S/c1-12-8-16(17(22(27)28)9-13(12)2)20(26)25-21-18(11-24)15-7-6-14(23(3,4)5)10-19(15)29-21/h14,16-17H,6-10H2,1-5H3,(H,25,26)(H,27,28). The highest BCUT2D eigenvalue weighted by Crippen LogP contribution is 2.44. The average molecular weight is 415 g/mol. The highest BCUT2D eigenvalue weighted by Gasteiger charge is 2.38. The Morgan fingerprint density at radius 3 is 2.31 bits per heavy atom. The van der Waals surface area contributed by atoms with Gasteiger partial charge in [-0.2, -0.15) is 5.26 Å². The van der Waals surface area contributed by atoms with E-state index in [4.69, 9.17) is 0 Å². The molecule has 0 aromatic carbocycles. The summed E-state index contributed by atoms with van der Waals surface area (Å²) in [6, 6.07) is 2.29. The predicted octanol–water partition coefficient (Wildman–Crippen LogP) is 5.16. The third-order valence-electron chi connectivity index (χ3n) is 6.76. The molecule has 1 aromatic heterocycles. The number of aliphatic carboxylic acids is 1. The minimum Gasteiger partial charge on any atom is -0.481 e. The smallest absolute Gasteiger partial charge is 0.307 e. The van der Waals surface area contributed by atoms with Crippen molar-refractivity contribution < 1.29 is 14.7 Å². The summed E-state index contributed by atoms with van der Waals surface area (Å²) >= 11 is 1.50. The van der Waals surface area contributed by atoms with Crippen molar-refractivity contribution in [2.45, 2.75) is 66.7 Å². The molecule has 2 aliphatic carbocycles. The van der Waals surface area contributed by atoms with E-state index < -0.39 is 17.8 Å². The number of fused-ring (bicyclic) bond motifs is 1. The number of nitrogens with one attached hydrogen (secondary N) is 1. The fourth-order valence-electron chi connectivity index (χ4n) is 4.56. The van der Waals surface area contributed by atoms with Crippen molar-refractivity contribution in [2.24, 2.45) is 23.2 Å². The summed E-state index contributed by atoms with van der Waals surface area (Å²) < 4.78 is 0. The number of nitrogens with zero attached hydrogens (tertiary/aromatic N) is 1. The number of rotatable bonds is 3. The number of thiophene rings is 1. The Kier molecular flexibility index (Phi) is 5.91. The van der Waals surface area contributed by atoms with Gasteiger partial charge in [-0.3, -0.25) is 9.59 Å². The summed E-state index contributed by atoms with van der Waals surface area (Å²) in [5.41, 5.74) is 3.98. The first kappa shape index (κ1) is 21.6. The van der Waals surface area contributed by atoms with Crippen molar-refractivity contribution in [3.63, 3.8) is 0 Å². The minimum atomic E-state index is -0.934. The number of carboxylic acids is 1. The Morgan fingerprint density at radius 1 is 1.14 bits per heavy atom. The maximum atomic E-state index is 13.0. The molecule has 0 saturated heterocycles. The highest BCUT2D eigenvalue weighted by atomic mass is 32.1. The van der Waals surface area contributed by atoms with Gasteiger partial charge in [-0.05, 0) is 62.8 Å². The zero-order valence-electron chi connectivity index (χ0n) is 17.9. The van der Waals surface area contributed by atoms with Gasteiger partial charge in [0.1, 0.15) is 11.1 Å². The van der Waals surface area contributed by atoms with Gasteiger partial charge in [-0.15, -0.1) is 11.3 Å². The summed E-state index contributed by atoms with van der Waals surface area (Å²) in [6.07, 6.45) is 3.68. The predicted molar refractivity (Wildman–Crippen MR) is 115 cm³/mol. The van der Waals surface area contributed by atoms with Crippen LogP contribution in [0.1, 0.15) is 69.9 Å². The molecule has 2 N–H and O–H groups in total. The number of carbonyl (C=O) groups excluding carboxylic acids is 1. The third kappa shape index (κ3) is 4.25. The highest BCUT2D eigenvalue weighted by molar-refractivity contribution is 7.16. The van der Waals surface area contributed by atoms with E-state index in [0.29, 0.717) is 29.3 Å². The molecule has 1 aromatic rings. The number of nitriles is 1. The zero-order valence-corrected chi connectivity index (χ0v) is 18.7. The van der Waals surface area contributed by atoms with Gasteiger partial charge in [0.2, 0.25) is 5.91 Å². The van der Waals surface area contributed by atoms with Crippen LogP contribution in [0.25, 0.3) is 0 Å². The summed E-state index contributed by atoms with van der Waals surface area (Å²) in [5.74, 6) is -2.00. The first-order valence-electron chi connectivity index (χ1n) is 10.3. The first-order chi connectivity index (χ1) is 13.5. The summed E-state index contributed by atoms with van der Waals surface area (Å²) in [6.45, 7) is 10.6. The van der Waals surface area contributed by atoms with Gasteiger partial charge in [0.05, 0.1) is 17.4 Å². The van der Waals surface area contributed by atoms with Crippen LogP contribution in [0.3, 0.4) is 0 Å². The number of carbonyl (C=O) groups is 2. The molecule has 0 saturated carbocycles. The lowest BCUT2D eigenvalue weighted by Crippen LogP contribution is -2.36. The quantitative estimate of drug-likeness (QED) is 0.669. The number of hydrogen-bond donors (Lipinski definition) is 2. The van der Waals surface area contributed by atoms with Crippen LogP contribution >= 0.6 is 11.3 Å². The molecule has 3 atom stereocenters. The van der Waals surface area contributed by atoms with Crippen molar-refractivity contribution in [1.82, 2.24) is 0 Å². The van der Waals surface area contributed by atoms with Crippen molar-refractivity contribution in [2.75, 3.05) is 5.32 Å². The van der Waals surface area contributed by atoms with E-state index in [1.165, 1.54) is 16.2 Å². The van der Waals surface area contributed by atoms with Crippen molar-refractivity contribution in [3.8, 4) is 6.07 Å². The van der Waals surface area contributed by atoms with E-state index in [9.17, 15) is 20.0 Å². The minimum absolute atomic E-state index is 0.205. The Hall–Kier alpha value is -2.13. The van der Waals surface area contributed by atoms with Crippen molar-refractivity contribution >= 4 is 28.2 Å². The van der Waals surface area contributed by atoms with Crippen LogP contribution in [0.2, 0.25) is 0 Å². The summed E-state index contributed by atoms with van der Waals surface area (Å²) in [5, 5.41) is 22.9. The van der Waals surface area contributed by atoms with Gasteiger partial charge in [0.15, 0.2) is 0 Å². The molecule has 0 fully saturated rings. The maximum Gasteiger partial charge on any atom is 0.307 e. The molecule has 156 valence electrons. The Morgan fingerprint density at radius 2 is 1.76 bits per heavy atom. The van der Waals surface area contributed by atoms with Crippen LogP contribution in [0.4, 0.5) is 5.00 Å². The Bertz CT molecular complexity index is 914. The molecule has 6 heteroatoms. The van der Waals surface area contributed by atoms with Crippen LogP contribution in [-0.4, -0.2) is 17.0 Å². The Balaban J connectivity index is 1.85. The van der Waals surface area contributed by atoms with E-state index in [1.54, 1.807) is 0 Å². The maximum absolute atomic E-state index is 13.0. The molecule has 0 aliphatic heterocycles. The third-order valence-corrected chi connectivity index (χ3v) is 7.93. The normalized spacial score (nSPS) is 24.6. The van der Waals surface area contributed by atoms with Crippen LogP contribution in [0, 0.1) is 34.5 Å². The van der Waals surface area contributed by atoms with E-state index >= 15 is 0 Å². The fraction of sp³-hybridized carbons (Fsp3) is 0.609. The fourth-order valence-corrected chi connectivity index (χ4v) is 5.84. The van der Waals surface area contributed by atoms with E-state index in [2.05, 4.69) is 32.2 Å². The number of amides is 1. The van der Waals surface area contributed by atoms with Gasteiger partial charge in [-0.25, -0.2) is 0 Å². The molecule has 3 unspecified atom stereocenters. The summed E-state index contributed by atoms with van der Waals surface area (Å²) in [4.78, 5) is 26.0. The molecule has 5 nitrogen and oxygen atoms in total. The van der Waals surface area contributed by atoms with Crippen LogP contribution < -0.4 is 5.32 Å². The molecule has 0 bridgehead atoms. The second-order valence-electron chi connectivity index (χ2n) is 9.63. The van der Waals surface area contributed by atoms with Crippen molar-refractivity contribution in [1.29, 1.82) is 5.26 Å². The van der Waals surface area contributed by atoms with Crippen LogP contribution in [0.5, 0.6) is 0 Å². The molecule has 1 amide bonds. The van der Waals surface area contributed by atoms with Gasteiger partial charge in [0.25, 0.3) is 0 Å². The molecular formula is C23H30N2O3S. The topological polar surface area (TPSA) is 90.2 Å². The lowest BCUT2D eigenvalue weighted by atomic mass is 9.72. The monoisotopic (exact) mass is 414 g/mol. The summed E-state index contributed by atoms with van der Waals surface area (Å²) in [7, 11) is 0. The molecule has 0 spiro atoms. The van der Waals surface area contributed by atoms with Gasteiger partial charge in [0, 0.05) is 4.88 Å². The number of carboxylic acid groups (broad SMARTS) is 1. The second-order valence-corrected chi connectivity index (χ2v) is 10.7. The number of allylic oxidation sites excluding steroid dienone is 2. The van der Waals surface area contributed by atoms with Crippen molar-refractivity contribution in [3.05, 3.63) is 27.2 Å². The lowest BCUT2D eigenvalue weighted by Gasteiger charge is -2.33. The zero-order chi connectivity index (χ0) is 21.5. The van der Waals surface area contributed by atoms with Gasteiger partial charge in [-0.1, -0.05) is 31.9 Å². The molecule has 1 heterocycles. The molecule has 2 aliphatic rings. The van der Waals surface area contributed by atoms with E-state index in [-0.39, 0.29) is 11.3 Å². The van der Waals surface area contributed by atoms with Gasteiger partial charge >= 0.3 is 5.97 Å². The van der Waals surface area contributed by atoms with Crippen LogP contribution in [0.15, 0.2) is 11.1 Å². The van der Waals surface area contributed by atoms with Gasteiger partial charge < -0.3 is 10.4 Å². The molecule has 29 heavy (non-hydrogen) atoms. The second kappa shape index (κ2) is 7.95. The average Bonchev–Trinajstić information content (AvgIpc) is 2.98. The number of anilines is 1.